The van der Waals surface area contributed by atoms with Crippen molar-refractivity contribution in [1.82, 2.24) is 24.3 Å². The first-order chi connectivity index (χ1) is 10.2. The molecule has 110 valence electrons. The second-order valence-corrected chi connectivity index (χ2v) is 5.12. The van der Waals surface area contributed by atoms with Gasteiger partial charge >= 0.3 is 0 Å². The highest BCUT2D eigenvalue weighted by Gasteiger charge is 2.13. The molecule has 1 aromatic carbocycles. The average Bonchev–Trinajstić information content (AvgIpc) is 3.04. The molecular formula is C14H16ClN5O. The molecule has 2 heterocycles. The average molecular weight is 306 g/mol. The first-order valence-corrected chi connectivity index (χ1v) is 7.18. The number of fused-ring (bicyclic) bond motifs is 1. The number of hydrogen-bond donors (Lipinski definition) is 0. The van der Waals surface area contributed by atoms with Crippen LogP contribution in [-0.2, 0) is 20.0 Å². The zero-order valence-electron chi connectivity index (χ0n) is 12.0. The molecule has 0 saturated heterocycles. The molecule has 2 aromatic heterocycles. The maximum atomic E-state index is 5.89. The SMILES string of the molecule is COc1ccc2c(c1)nc(CCCl)n2Cc1ncn(C)n1. The molecule has 0 bridgehead atoms. The fourth-order valence-electron chi connectivity index (χ4n) is 2.34. The summed E-state index contributed by atoms with van der Waals surface area (Å²) in [5.74, 6) is 3.00. The fourth-order valence-corrected chi connectivity index (χ4v) is 2.51. The van der Waals surface area contributed by atoms with Crippen molar-refractivity contribution in [3.8, 4) is 5.75 Å². The van der Waals surface area contributed by atoms with Crippen LogP contribution < -0.4 is 4.74 Å². The molecule has 0 fully saturated rings. The zero-order valence-corrected chi connectivity index (χ0v) is 12.7. The summed E-state index contributed by atoms with van der Waals surface area (Å²) in [6, 6.07) is 5.86. The van der Waals surface area contributed by atoms with Crippen molar-refractivity contribution in [2.75, 3.05) is 13.0 Å². The molecule has 0 N–H and O–H groups in total. The molecule has 0 spiro atoms. The van der Waals surface area contributed by atoms with Crippen LogP contribution >= 0.6 is 11.6 Å². The highest BCUT2D eigenvalue weighted by Crippen LogP contribution is 2.22. The molecule has 6 nitrogen and oxygen atoms in total. The molecule has 0 saturated carbocycles. The van der Waals surface area contributed by atoms with Gasteiger partial charge in [0.05, 0.1) is 24.7 Å². The maximum Gasteiger partial charge on any atom is 0.170 e. The summed E-state index contributed by atoms with van der Waals surface area (Å²) in [6.45, 7) is 0.579. The van der Waals surface area contributed by atoms with E-state index in [1.54, 1.807) is 18.1 Å². The number of benzene rings is 1. The Labute approximate surface area is 127 Å². The Morgan fingerprint density at radius 3 is 2.86 bits per heavy atom. The van der Waals surface area contributed by atoms with E-state index >= 15 is 0 Å². The number of nitrogens with zero attached hydrogens (tertiary/aromatic N) is 5. The van der Waals surface area contributed by atoms with E-state index in [4.69, 9.17) is 16.3 Å². The summed E-state index contributed by atoms with van der Waals surface area (Å²) in [6.07, 6.45) is 2.39. The Morgan fingerprint density at radius 2 is 2.19 bits per heavy atom. The van der Waals surface area contributed by atoms with Crippen LogP contribution in [0.3, 0.4) is 0 Å². The standard InChI is InChI=1S/C14H16ClN5O/c1-19-9-16-13(18-19)8-20-12-4-3-10(21-2)7-11(12)17-14(20)5-6-15/h3-4,7,9H,5-6,8H2,1-2H3. The van der Waals surface area contributed by atoms with Gasteiger partial charge < -0.3 is 9.30 Å². The molecule has 0 aliphatic rings. The van der Waals surface area contributed by atoms with Gasteiger partial charge in [0, 0.05) is 25.4 Å². The summed E-state index contributed by atoms with van der Waals surface area (Å²) < 4.78 is 9.05. The van der Waals surface area contributed by atoms with Gasteiger partial charge in [-0.3, -0.25) is 4.68 Å². The lowest BCUT2D eigenvalue weighted by Crippen LogP contribution is -2.07. The summed E-state index contributed by atoms with van der Waals surface area (Å²) in [5.41, 5.74) is 1.92. The molecule has 3 rings (SSSR count). The Hall–Kier alpha value is -2.08. The summed E-state index contributed by atoms with van der Waals surface area (Å²) in [7, 11) is 3.50. The van der Waals surface area contributed by atoms with Crippen LogP contribution in [0.4, 0.5) is 0 Å². The maximum absolute atomic E-state index is 5.89. The van der Waals surface area contributed by atoms with Gasteiger partial charge in [0.1, 0.15) is 17.9 Å². The van der Waals surface area contributed by atoms with Gasteiger partial charge in [0.2, 0.25) is 0 Å². The van der Waals surface area contributed by atoms with Crippen LogP contribution in [0.5, 0.6) is 5.75 Å². The van der Waals surface area contributed by atoms with Crippen molar-refractivity contribution in [2.45, 2.75) is 13.0 Å². The highest BCUT2D eigenvalue weighted by molar-refractivity contribution is 6.17. The Bertz CT molecular complexity index is 764. The minimum absolute atomic E-state index is 0.524. The normalized spacial score (nSPS) is 11.2. The first kappa shape index (κ1) is 13.9. The van der Waals surface area contributed by atoms with E-state index in [1.165, 1.54) is 0 Å². The quantitative estimate of drug-likeness (QED) is 0.677. The van der Waals surface area contributed by atoms with Gasteiger partial charge in [-0.2, -0.15) is 5.10 Å². The van der Waals surface area contributed by atoms with Gasteiger partial charge in [-0.1, -0.05) is 0 Å². The molecule has 0 unspecified atom stereocenters. The molecule has 7 heteroatoms. The Balaban J connectivity index is 2.06. The molecular weight excluding hydrogens is 290 g/mol. The van der Waals surface area contributed by atoms with Gasteiger partial charge in [-0.15, -0.1) is 11.6 Å². The fraction of sp³-hybridized carbons (Fsp3) is 0.357. The van der Waals surface area contributed by atoms with Gasteiger partial charge in [0.15, 0.2) is 5.82 Å². The highest BCUT2D eigenvalue weighted by atomic mass is 35.5. The number of rotatable bonds is 5. The van der Waals surface area contributed by atoms with Gasteiger partial charge in [-0.05, 0) is 12.1 Å². The van der Waals surface area contributed by atoms with Crippen LogP contribution in [0.1, 0.15) is 11.6 Å². The van der Waals surface area contributed by atoms with E-state index in [9.17, 15) is 0 Å². The number of ether oxygens (including phenoxy) is 1. The van der Waals surface area contributed by atoms with Crippen LogP contribution in [0, 0.1) is 0 Å². The third-order valence-corrected chi connectivity index (χ3v) is 3.49. The van der Waals surface area contributed by atoms with E-state index < -0.39 is 0 Å². The minimum atomic E-state index is 0.524. The smallest absolute Gasteiger partial charge is 0.170 e. The number of aryl methyl sites for hydroxylation is 2. The largest absolute Gasteiger partial charge is 0.497 e. The predicted molar refractivity (Wildman–Crippen MR) is 80.8 cm³/mol. The minimum Gasteiger partial charge on any atom is -0.497 e. The number of hydrogen-bond acceptors (Lipinski definition) is 4. The number of methoxy groups -OCH3 is 1. The Morgan fingerprint density at radius 1 is 1.33 bits per heavy atom. The number of alkyl halides is 1. The first-order valence-electron chi connectivity index (χ1n) is 6.65. The molecule has 0 aliphatic heterocycles. The van der Waals surface area contributed by atoms with Crippen molar-refractivity contribution < 1.29 is 4.74 Å². The van der Waals surface area contributed by atoms with E-state index in [1.807, 2.05) is 25.2 Å². The lowest BCUT2D eigenvalue weighted by atomic mass is 10.3. The van der Waals surface area contributed by atoms with Crippen molar-refractivity contribution in [2.24, 2.45) is 7.05 Å². The van der Waals surface area contributed by atoms with E-state index in [0.717, 1.165) is 28.4 Å². The third kappa shape index (κ3) is 2.71. The molecule has 21 heavy (non-hydrogen) atoms. The summed E-state index contributed by atoms with van der Waals surface area (Å²) in [4.78, 5) is 8.93. The number of aromatic nitrogens is 5. The molecule has 0 atom stereocenters. The van der Waals surface area contributed by atoms with Gasteiger partial charge in [-0.25, -0.2) is 9.97 Å². The van der Waals surface area contributed by atoms with Crippen molar-refractivity contribution in [3.63, 3.8) is 0 Å². The number of imidazole rings is 1. The van der Waals surface area contributed by atoms with Crippen molar-refractivity contribution in [3.05, 3.63) is 36.2 Å². The lowest BCUT2D eigenvalue weighted by Gasteiger charge is -2.06. The second kappa shape index (κ2) is 5.73. The predicted octanol–water partition coefficient (Wildman–Crippen LogP) is 2.00. The van der Waals surface area contributed by atoms with Crippen molar-refractivity contribution in [1.29, 1.82) is 0 Å². The summed E-state index contributed by atoms with van der Waals surface area (Å²) >= 11 is 5.89. The van der Waals surface area contributed by atoms with Crippen molar-refractivity contribution >= 4 is 22.6 Å². The van der Waals surface area contributed by atoms with Crippen LogP contribution in [0.25, 0.3) is 11.0 Å². The molecule has 0 radical (unpaired) electrons. The topological polar surface area (TPSA) is 57.8 Å². The summed E-state index contributed by atoms with van der Waals surface area (Å²) in [5, 5.41) is 4.33. The number of halogens is 1. The van der Waals surface area contributed by atoms with E-state index in [-0.39, 0.29) is 0 Å². The second-order valence-electron chi connectivity index (χ2n) is 4.74. The van der Waals surface area contributed by atoms with Crippen LogP contribution in [0.2, 0.25) is 0 Å². The van der Waals surface area contributed by atoms with E-state index in [2.05, 4.69) is 19.6 Å². The van der Waals surface area contributed by atoms with E-state index in [0.29, 0.717) is 18.8 Å². The molecule has 0 amide bonds. The zero-order chi connectivity index (χ0) is 14.8. The Kier molecular flexibility index (Phi) is 3.79. The molecule has 3 aromatic rings. The molecule has 0 aliphatic carbocycles. The third-order valence-electron chi connectivity index (χ3n) is 3.30. The van der Waals surface area contributed by atoms with Crippen LogP contribution in [0.15, 0.2) is 24.5 Å². The van der Waals surface area contributed by atoms with Gasteiger partial charge in [0.25, 0.3) is 0 Å². The van der Waals surface area contributed by atoms with Crippen LogP contribution in [-0.4, -0.2) is 37.3 Å². The monoisotopic (exact) mass is 305 g/mol. The lowest BCUT2D eigenvalue weighted by molar-refractivity contribution is 0.415.